The average Bonchev–Trinajstić information content (AvgIpc) is 3.20. The molecule has 4 nitrogen and oxygen atoms in total. The Morgan fingerprint density at radius 3 is 2.90 bits per heavy atom. The molecule has 0 aliphatic heterocycles. The molecule has 1 saturated carbocycles. The van der Waals surface area contributed by atoms with Crippen LogP contribution in [0.3, 0.4) is 0 Å². The Morgan fingerprint density at radius 1 is 1.30 bits per heavy atom. The normalized spacial score (nSPS) is 14.8. The van der Waals surface area contributed by atoms with Crippen LogP contribution in [0.15, 0.2) is 34.9 Å². The van der Waals surface area contributed by atoms with Gasteiger partial charge in [0.25, 0.3) is 0 Å². The van der Waals surface area contributed by atoms with E-state index >= 15 is 0 Å². The minimum Gasteiger partial charge on any atom is -0.497 e. The fraction of sp³-hybridized carbons (Fsp3) is 0.438. The zero-order valence-corrected chi connectivity index (χ0v) is 12.0. The minimum atomic E-state index is 0.625. The quantitative estimate of drug-likeness (QED) is 0.809. The Hall–Kier alpha value is -1.81. The average molecular weight is 272 g/mol. The van der Waals surface area contributed by atoms with Gasteiger partial charge in [0.2, 0.25) is 0 Å². The number of aromatic nitrogens is 1. The topological polar surface area (TPSA) is 38.5 Å². The van der Waals surface area contributed by atoms with Crippen molar-refractivity contribution in [2.75, 3.05) is 14.2 Å². The number of hydrogen-bond donors (Lipinski definition) is 0. The molecule has 3 rings (SSSR count). The third-order valence-corrected chi connectivity index (χ3v) is 3.58. The summed E-state index contributed by atoms with van der Waals surface area (Å²) in [5, 5.41) is 4.15. The zero-order valence-electron chi connectivity index (χ0n) is 12.0. The molecule has 0 radical (unpaired) electrons. The largest absolute Gasteiger partial charge is 0.497 e. The molecule has 4 heteroatoms. The smallest absolute Gasteiger partial charge is 0.140 e. The molecule has 0 spiro atoms. The van der Waals surface area contributed by atoms with Gasteiger partial charge in [-0.25, -0.2) is 0 Å². The van der Waals surface area contributed by atoms with Crippen LogP contribution in [0.1, 0.15) is 35.8 Å². The van der Waals surface area contributed by atoms with Gasteiger partial charge in [0.1, 0.15) is 11.5 Å². The molecule has 0 N–H and O–H groups in total. The first-order valence-electron chi connectivity index (χ1n) is 7.01. The number of rotatable bonds is 6. The summed E-state index contributed by atoms with van der Waals surface area (Å²) in [5.41, 5.74) is 2.25. The minimum absolute atomic E-state index is 0.625. The van der Waals surface area contributed by atoms with Gasteiger partial charge in [0.05, 0.1) is 12.8 Å². The molecule has 20 heavy (non-hydrogen) atoms. The zero-order chi connectivity index (χ0) is 13.9. The Kier molecular flexibility index (Phi) is 3.74. The van der Waals surface area contributed by atoms with E-state index in [4.69, 9.17) is 9.26 Å². The third-order valence-electron chi connectivity index (χ3n) is 3.58. The van der Waals surface area contributed by atoms with Gasteiger partial charge in [0, 0.05) is 25.1 Å². The lowest BCUT2D eigenvalue weighted by Crippen LogP contribution is -2.17. The van der Waals surface area contributed by atoms with Gasteiger partial charge in [-0.15, -0.1) is 0 Å². The van der Waals surface area contributed by atoms with Crippen LogP contribution in [-0.2, 0) is 13.1 Å². The van der Waals surface area contributed by atoms with Gasteiger partial charge in [-0.3, -0.25) is 4.90 Å². The van der Waals surface area contributed by atoms with Crippen LogP contribution in [0.5, 0.6) is 5.75 Å². The van der Waals surface area contributed by atoms with E-state index in [1.165, 1.54) is 18.4 Å². The van der Waals surface area contributed by atoms with E-state index in [2.05, 4.69) is 35.3 Å². The van der Waals surface area contributed by atoms with Crippen LogP contribution < -0.4 is 4.74 Å². The molecule has 0 saturated heterocycles. The highest BCUT2D eigenvalue weighted by Gasteiger charge is 2.27. The third kappa shape index (κ3) is 3.20. The highest BCUT2D eigenvalue weighted by atomic mass is 16.5. The first-order valence-corrected chi connectivity index (χ1v) is 7.01. The van der Waals surface area contributed by atoms with Crippen LogP contribution >= 0.6 is 0 Å². The first kappa shape index (κ1) is 13.2. The van der Waals surface area contributed by atoms with E-state index in [0.29, 0.717) is 5.92 Å². The molecule has 1 aromatic carbocycles. The second-order valence-corrected chi connectivity index (χ2v) is 5.52. The lowest BCUT2D eigenvalue weighted by Gasteiger charge is -2.15. The SMILES string of the molecule is COc1cccc(CN(C)Cc2cc(C3CC3)on2)c1. The summed E-state index contributed by atoms with van der Waals surface area (Å²) in [6.45, 7) is 1.66. The molecular weight excluding hydrogens is 252 g/mol. The van der Waals surface area contributed by atoms with E-state index in [1.54, 1.807) is 7.11 Å². The summed E-state index contributed by atoms with van der Waals surface area (Å²) in [6, 6.07) is 10.2. The van der Waals surface area contributed by atoms with Crippen LogP contribution in [0.4, 0.5) is 0 Å². The van der Waals surface area contributed by atoms with Gasteiger partial charge in [-0.2, -0.15) is 0 Å². The predicted molar refractivity (Wildman–Crippen MR) is 76.6 cm³/mol. The number of ether oxygens (including phenoxy) is 1. The van der Waals surface area contributed by atoms with Crippen LogP contribution in [0, 0.1) is 0 Å². The van der Waals surface area contributed by atoms with E-state index in [0.717, 1.165) is 30.3 Å². The predicted octanol–water partition coefficient (Wildman–Crippen LogP) is 3.19. The Bertz CT molecular complexity index is 575. The van der Waals surface area contributed by atoms with Crippen molar-refractivity contribution in [2.24, 2.45) is 0 Å². The fourth-order valence-electron chi connectivity index (χ4n) is 2.38. The number of benzene rings is 1. The van der Waals surface area contributed by atoms with Crippen molar-refractivity contribution in [3.05, 3.63) is 47.3 Å². The maximum Gasteiger partial charge on any atom is 0.140 e. The molecule has 0 atom stereocenters. The van der Waals surface area contributed by atoms with E-state index in [-0.39, 0.29) is 0 Å². The van der Waals surface area contributed by atoms with Crippen molar-refractivity contribution < 1.29 is 9.26 Å². The second kappa shape index (κ2) is 5.67. The summed E-state index contributed by atoms with van der Waals surface area (Å²) in [4.78, 5) is 2.23. The number of methoxy groups -OCH3 is 1. The second-order valence-electron chi connectivity index (χ2n) is 5.52. The molecule has 2 aromatic rings. The molecule has 1 aromatic heterocycles. The molecule has 1 heterocycles. The Morgan fingerprint density at radius 2 is 2.15 bits per heavy atom. The molecule has 0 amide bonds. The van der Waals surface area contributed by atoms with E-state index in [9.17, 15) is 0 Å². The van der Waals surface area contributed by atoms with Crippen molar-refractivity contribution in [2.45, 2.75) is 31.8 Å². The summed E-state index contributed by atoms with van der Waals surface area (Å²) >= 11 is 0. The monoisotopic (exact) mass is 272 g/mol. The standard InChI is InChI=1S/C16H20N2O2/c1-18(10-12-4-3-5-15(8-12)19-2)11-14-9-16(20-17-14)13-6-7-13/h3-5,8-9,13H,6-7,10-11H2,1-2H3. The molecule has 1 aliphatic carbocycles. The Labute approximate surface area is 119 Å². The van der Waals surface area contributed by atoms with Gasteiger partial charge in [-0.05, 0) is 37.6 Å². The van der Waals surface area contributed by atoms with Crippen molar-refractivity contribution >= 4 is 0 Å². The Balaban J connectivity index is 1.58. The molecule has 0 unspecified atom stereocenters. The van der Waals surface area contributed by atoms with Crippen molar-refractivity contribution in [1.29, 1.82) is 0 Å². The highest BCUT2D eigenvalue weighted by molar-refractivity contribution is 5.28. The number of nitrogens with zero attached hydrogens (tertiary/aromatic N) is 2. The van der Waals surface area contributed by atoms with E-state index in [1.807, 2.05) is 12.1 Å². The highest BCUT2D eigenvalue weighted by Crippen LogP contribution is 2.40. The molecule has 1 aliphatic rings. The summed E-state index contributed by atoms with van der Waals surface area (Å²) in [6.07, 6.45) is 2.49. The van der Waals surface area contributed by atoms with Crippen molar-refractivity contribution in [3.63, 3.8) is 0 Å². The van der Waals surface area contributed by atoms with Gasteiger partial charge in [0.15, 0.2) is 0 Å². The van der Waals surface area contributed by atoms with Gasteiger partial charge < -0.3 is 9.26 Å². The molecule has 106 valence electrons. The summed E-state index contributed by atoms with van der Waals surface area (Å²) in [5.74, 6) is 2.57. The lowest BCUT2D eigenvalue weighted by molar-refractivity contribution is 0.300. The van der Waals surface area contributed by atoms with Crippen molar-refractivity contribution in [1.82, 2.24) is 10.1 Å². The van der Waals surface area contributed by atoms with Crippen LogP contribution in [0.25, 0.3) is 0 Å². The van der Waals surface area contributed by atoms with E-state index < -0.39 is 0 Å². The molecule has 0 bridgehead atoms. The van der Waals surface area contributed by atoms with Crippen LogP contribution in [0.2, 0.25) is 0 Å². The fourth-order valence-corrected chi connectivity index (χ4v) is 2.38. The summed E-state index contributed by atoms with van der Waals surface area (Å²) < 4.78 is 10.6. The molecule has 1 fully saturated rings. The summed E-state index contributed by atoms with van der Waals surface area (Å²) in [7, 11) is 3.78. The number of hydrogen-bond acceptors (Lipinski definition) is 4. The first-order chi connectivity index (χ1) is 9.74. The maximum absolute atomic E-state index is 5.38. The van der Waals surface area contributed by atoms with Crippen LogP contribution in [-0.4, -0.2) is 24.2 Å². The van der Waals surface area contributed by atoms with Gasteiger partial charge >= 0.3 is 0 Å². The van der Waals surface area contributed by atoms with Crippen molar-refractivity contribution in [3.8, 4) is 5.75 Å². The molecular formula is C16H20N2O2. The van der Waals surface area contributed by atoms with Gasteiger partial charge in [-0.1, -0.05) is 17.3 Å². The maximum atomic E-state index is 5.38. The lowest BCUT2D eigenvalue weighted by atomic mass is 10.2.